The van der Waals surface area contributed by atoms with Gasteiger partial charge >= 0.3 is 5.97 Å². The predicted octanol–water partition coefficient (Wildman–Crippen LogP) is 4.17. The number of aromatic amines is 1. The maximum absolute atomic E-state index is 11.9. The van der Waals surface area contributed by atoms with Crippen molar-refractivity contribution in [1.29, 1.82) is 0 Å². The molecule has 1 saturated heterocycles. The predicted molar refractivity (Wildman–Crippen MR) is 118 cm³/mol. The van der Waals surface area contributed by atoms with Crippen LogP contribution in [-0.4, -0.2) is 63.1 Å². The highest BCUT2D eigenvalue weighted by molar-refractivity contribution is 6.33. The Labute approximate surface area is 180 Å². The summed E-state index contributed by atoms with van der Waals surface area (Å²) >= 11 is 6.44. The maximum Gasteiger partial charge on any atom is 0.337 e. The van der Waals surface area contributed by atoms with Crippen LogP contribution in [0, 0.1) is 6.92 Å². The van der Waals surface area contributed by atoms with E-state index in [2.05, 4.69) is 19.8 Å². The van der Waals surface area contributed by atoms with Crippen molar-refractivity contribution in [3.8, 4) is 11.1 Å². The lowest BCUT2D eigenvalue weighted by atomic mass is 10.0. The smallest absolute Gasteiger partial charge is 0.337 e. The molecule has 0 unspecified atom stereocenters. The number of carbonyl (C=O) groups is 1. The summed E-state index contributed by atoms with van der Waals surface area (Å²) in [6.45, 7) is 6.91. The number of fused-ring (bicyclic) bond motifs is 1. The van der Waals surface area contributed by atoms with Crippen molar-refractivity contribution in [2.24, 2.45) is 0 Å². The highest BCUT2D eigenvalue weighted by atomic mass is 35.5. The number of nitrogens with one attached hydrogen (secondary N) is 1. The van der Waals surface area contributed by atoms with Gasteiger partial charge in [-0.15, -0.1) is 0 Å². The Morgan fingerprint density at radius 1 is 1.20 bits per heavy atom. The summed E-state index contributed by atoms with van der Waals surface area (Å²) in [5.74, 6) is -0.180. The van der Waals surface area contributed by atoms with Gasteiger partial charge in [0.1, 0.15) is 11.3 Å². The number of imidazole rings is 1. The number of hydrogen-bond acceptors (Lipinski definition) is 4. The minimum Gasteiger partial charge on any atom is -0.478 e. The van der Waals surface area contributed by atoms with Gasteiger partial charge in [-0.3, -0.25) is 9.80 Å². The van der Waals surface area contributed by atoms with E-state index in [0.29, 0.717) is 17.1 Å². The monoisotopic (exact) mass is 424 g/mol. The number of aryl methyl sites for hydroxylation is 1. The lowest BCUT2D eigenvalue weighted by Gasteiger charge is -2.34. The zero-order valence-electron chi connectivity index (χ0n) is 17.0. The van der Waals surface area contributed by atoms with Crippen molar-refractivity contribution in [2.45, 2.75) is 32.4 Å². The summed E-state index contributed by atoms with van der Waals surface area (Å²) in [5, 5.41) is 10.4. The summed E-state index contributed by atoms with van der Waals surface area (Å²) in [4.78, 5) is 24.9. The van der Waals surface area contributed by atoms with Crippen molar-refractivity contribution in [2.75, 3.05) is 26.2 Å². The highest BCUT2D eigenvalue weighted by Gasteiger charge is 2.31. The molecule has 156 valence electrons. The van der Waals surface area contributed by atoms with Crippen molar-refractivity contribution in [1.82, 2.24) is 19.8 Å². The minimum absolute atomic E-state index is 0.195. The first-order chi connectivity index (χ1) is 14.5. The molecule has 0 spiro atoms. The van der Waals surface area contributed by atoms with E-state index >= 15 is 0 Å². The van der Waals surface area contributed by atoms with E-state index in [-0.39, 0.29) is 5.56 Å². The highest BCUT2D eigenvalue weighted by Crippen LogP contribution is 2.33. The fraction of sp³-hybridized carbons (Fsp3) is 0.391. The van der Waals surface area contributed by atoms with Crippen LogP contribution in [0.1, 0.15) is 34.6 Å². The van der Waals surface area contributed by atoms with Crippen LogP contribution in [0.4, 0.5) is 0 Å². The number of H-pyrrole nitrogens is 1. The third-order valence-electron chi connectivity index (χ3n) is 6.15. The van der Waals surface area contributed by atoms with Gasteiger partial charge in [0.15, 0.2) is 0 Å². The fourth-order valence-corrected chi connectivity index (χ4v) is 4.70. The zero-order chi connectivity index (χ0) is 20.8. The number of carboxylic acid groups (broad SMARTS) is 1. The molecular formula is C23H25ClN4O2. The standard InChI is InChI=1S/C23H25ClN4O2/c1-14-2-5-17(19(24)10-14)15-11-18(23(29)30)22-20(12-15)25-21(26-22)13-27-6-8-28(9-7-27)16-3-4-16/h2,5,10-12,16H,3-4,6-9,13H2,1H3,(H,25,26)(H,29,30). The lowest BCUT2D eigenvalue weighted by molar-refractivity contribution is 0.0699. The molecule has 1 saturated carbocycles. The van der Waals surface area contributed by atoms with E-state index in [1.165, 1.54) is 12.8 Å². The Morgan fingerprint density at radius 3 is 2.63 bits per heavy atom. The molecule has 0 radical (unpaired) electrons. The van der Waals surface area contributed by atoms with E-state index in [1.807, 2.05) is 31.2 Å². The van der Waals surface area contributed by atoms with E-state index in [0.717, 1.165) is 60.3 Å². The summed E-state index contributed by atoms with van der Waals surface area (Å²) in [6.07, 6.45) is 2.68. The Balaban J connectivity index is 1.44. The number of hydrogen-bond donors (Lipinski definition) is 2. The average molecular weight is 425 g/mol. The number of benzene rings is 2. The van der Waals surface area contributed by atoms with E-state index in [9.17, 15) is 9.90 Å². The quantitative estimate of drug-likeness (QED) is 0.643. The van der Waals surface area contributed by atoms with E-state index in [1.54, 1.807) is 6.07 Å². The SMILES string of the molecule is Cc1ccc(-c2cc(C(=O)O)c3nc(CN4CCN(C5CC5)CC4)[nH]c3c2)c(Cl)c1. The van der Waals surface area contributed by atoms with Gasteiger partial charge in [0.25, 0.3) is 0 Å². The molecule has 7 heteroatoms. The van der Waals surface area contributed by atoms with Crippen molar-refractivity contribution < 1.29 is 9.90 Å². The number of carboxylic acids is 1. The largest absolute Gasteiger partial charge is 0.478 e. The van der Waals surface area contributed by atoms with Crippen LogP contribution in [0.2, 0.25) is 5.02 Å². The van der Waals surface area contributed by atoms with Crippen LogP contribution >= 0.6 is 11.6 Å². The molecule has 6 nitrogen and oxygen atoms in total. The molecule has 1 aliphatic heterocycles. The van der Waals surface area contributed by atoms with Crippen molar-refractivity contribution in [3.63, 3.8) is 0 Å². The van der Waals surface area contributed by atoms with Crippen molar-refractivity contribution >= 4 is 28.6 Å². The van der Waals surface area contributed by atoms with Gasteiger partial charge in [0.2, 0.25) is 0 Å². The van der Waals surface area contributed by atoms with Crippen LogP contribution in [-0.2, 0) is 6.54 Å². The summed E-state index contributed by atoms with van der Waals surface area (Å²) in [7, 11) is 0. The molecule has 1 aliphatic carbocycles. The summed E-state index contributed by atoms with van der Waals surface area (Å²) < 4.78 is 0. The van der Waals surface area contributed by atoms with Crippen LogP contribution < -0.4 is 0 Å². The Morgan fingerprint density at radius 2 is 1.97 bits per heavy atom. The first-order valence-electron chi connectivity index (χ1n) is 10.5. The molecule has 3 aromatic rings. The van der Waals surface area contributed by atoms with Crippen LogP contribution in [0.5, 0.6) is 0 Å². The normalized spacial score (nSPS) is 18.2. The van der Waals surface area contributed by atoms with Gasteiger partial charge in [0, 0.05) is 42.8 Å². The molecule has 1 aromatic heterocycles. The third kappa shape index (κ3) is 3.83. The van der Waals surface area contributed by atoms with E-state index in [4.69, 9.17) is 11.6 Å². The number of nitrogens with zero attached hydrogens (tertiary/aromatic N) is 3. The molecule has 2 aromatic carbocycles. The van der Waals surface area contributed by atoms with Crippen molar-refractivity contribution in [3.05, 3.63) is 52.3 Å². The third-order valence-corrected chi connectivity index (χ3v) is 6.46. The molecule has 0 amide bonds. The second kappa shape index (κ2) is 7.69. The van der Waals surface area contributed by atoms with Gasteiger partial charge in [-0.1, -0.05) is 23.7 Å². The topological polar surface area (TPSA) is 72.5 Å². The second-order valence-electron chi connectivity index (χ2n) is 8.44. The number of halogens is 1. The van der Waals surface area contributed by atoms with Crippen LogP contribution in [0.3, 0.4) is 0 Å². The summed E-state index contributed by atoms with van der Waals surface area (Å²) in [5.41, 5.74) is 4.08. The zero-order valence-corrected chi connectivity index (χ0v) is 17.7. The number of rotatable bonds is 5. The number of piperazine rings is 1. The van der Waals surface area contributed by atoms with Gasteiger partial charge in [-0.25, -0.2) is 9.78 Å². The van der Waals surface area contributed by atoms with Gasteiger partial charge in [0.05, 0.1) is 17.6 Å². The Bertz CT molecular complexity index is 1110. The molecule has 30 heavy (non-hydrogen) atoms. The van der Waals surface area contributed by atoms with Gasteiger partial charge in [-0.05, 0) is 49.1 Å². The van der Waals surface area contributed by atoms with E-state index < -0.39 is 5.97 Å². The van der Waals surface area contributed by atoms with Crippen LogP contribution in [0.25, 0.3) is 22.2 Å². The first kappa shape index (κ1) is 19.5. The molecule has 5 rings (SSSR count). The Kier molecular flexibility index (Phi) is 5.01. The molecule has 2 heterocycles. The first-order valence-corrected chi connectivity index (χ1v) is 10.8. The van der Waals surface area contributed by atoms with Crippen LogP contribution in [0.15, 0.2) is 30.3 Å². The molecule has 2 fully saturated rings. The second-order valence-corrected chi connectivity index (χ2v) is 8.84. The lowest BCUT2D eigenvalue weighted by Crippen LogP contribution is -2.46. The number of aromatic nitrogens is 2. The Hall–Kier alpha value is -2.41. The van der Waals surface area contributed by atoms with Gasteiger partial charge in [-0.2, -0.15) is 0 Å². The molecule has 2 N–H and O–H groups in total. The molecular weight excluding hydrogens is 400 g/mol. The number of aromatic carboxylic acids is 1. The maximum atomic E-state index is 11.9. The average Bonchev–Trinajstić information content (AvgIpc) is 3.48. The molecule has 2 aliphatic rings. The molecule has 0 bridgehead atoms. The minimum atomic E-state index is -0.985. The van der Waals surface area contributed by atoms with Gasteiger partial charge < -0.3 is 10.1 Å². The fourth-order valence-electron chi connectivity index (χ4n) is 4.35. The summed E-state index contributed by atoms with van der Waals surface area (Å²) in [6, 6.07) is 10.2. The molecule has 0 atom stereocenters.